The lowest BCUT2D eigenvalue weighted by Gasteiger charge is -2.17. The number of rotatable bonds is 6. The van der Waals surface area contributed by atoms with Gasteiger partial charge in [-0.2, -0.15) is 0 Å². The molecule has 0 spiro atoms. The highest BCUT2D eigenvalue weighted by Gasteiger charge is 2.14. The fourth-order valence-corrected chi connectivity index (χ4v) is 1.79. The fourth-order valence-electron chi connectivity index (χ4n) is 1.54. The quantitative estimate of drug-likeness (QED) is 0.768. The van der Waals surface area contributed by atoms with Gasteiger partial charge in [-0.25, -0.2) is 0 Å². The van der Waals surface area contributed by atoms with E-state index < -0.39 is 0 Å². The Morgan fingerprint density at radius 2 is 2.44 bits per heavy atom. The van der Waals surface area contributed by atoms with Gasteiger partial charge in [0.2, 0.25) is 0 Å². The third-order valence-corrected chi connectivity index (χ3v) is 2.65. The van der Waals surface area contributed by atoms with Gasteiger partial charge in [-0.3, -0.25) is 4.98 Å². The molecule has 1 atom stereocenters. The first-order valence-corrected chi connectivity index (χ1v) is 5.94. The van der Waals surface area contributed by atoms with E-state index in [0.717, 1.165) is 31.5 Å². The number of nitrogens with zero attached hydrogens (tertiary/aromatic N) is 1. The molecule has 0 saturated heterocycles. The van der Waals surface area contributed by atoms with E-state index in [1.807, 2.05) is 12.1 Å². The van der Waals surface area contributed by atoms with Crippen LogP contribution in [0.4, 0.5) is 0 Å². The van der Waals surface area contributed by atoms with E-state index in [1.165, 1.54) is 0 Å². The summed E-state index contributed by atoms with van der Waals surface area (Å²) in [4.78, 5) is 4.32. The minimum Gasteiger partial charge on any atom is -0.309 e. The van der Waals surface area contributed by atoms with Crippen molar-refractivity contribution in [1.82, 2.24) is 10.3 Å². The van der Waals surface area contributed by atoms with Crippen molar-refractivity contribution < 1.29 is 0 Å². The van der Waals surface area contributed by atoms with Gasteiger partial charge >= 0.3 is 0 Å². The van der Waals surface area contributed by atoms with Gasteiger partial charge in [-0.1, -0.05) is 18.5 Å². The molecule has 86 valence electrons. The summed E-state index contributed by atoms with van der Waals surface area (Å²) < 4.78 is 0. The molecule has 0 amide bonds. The summed E-state index contributed by atoms with van der Waals surface area (Å²) in [6, 6.07) is 3.86. The van der Waals surface area contributed by atoms with Crippen molar-refractivity contribution in [3.8, 4) is 12.3 Å². The van der Waals surface area contributed by atoms with Crippen LogP contribution in [-0.4, -0.2) is 11.5 Å². The van der Waals surface area contributed by atoms with Crippen molar-refractivity contribution in [3.63, 3.8) is 0 Å². The molecule has 16 heavy (non-hydrogen) atoms. The molecule has 0 fully saturated rings. The Labute approximate surface area is 102 Å². The predicted molar refractivity (Wildman–Crippen MR) is 68.3 cm³/mol. The number of halogens is 1. The highest BCUT2D eigenvalue weighted by molar-refractivity contribution is 6.31. The maximum atomic E-state index is 6.12. The third kappa shape index (κ3) is 3.84. The van der Waals surface area contributed by atoms with Crippen LogP contribution in [0.15, 0.2) is 18.3 Å². The van der Waals surface area contributed by atoms with Crippen LogP contribution in [0.3, 0.4) is 0 Å². The lowest BCUT2D eigenvalue weighted by Crippen LogP contribution is -2.23. The van der Waals surface area contributed by atoms with Crippen molar-refractivity contribution in [3.05, 3.63) is 29.0 Å². The van der Waals surface area contributed by atoms with Crippen molar-refractivity contribution in [1.29, 1.82) is 0 Å². The first kappa shape index (κ1) is 13.0. The fraction of sp³-hybridized carbons (Fsp3) is 0.462. The van der Waals surface area contributed by atoms with E-state index in [-0.39, 0.29) is 6.04 Å². The first-order valence-electron chi connectivity index (χ1n) is 5.56. The molecule has 0 aliphatic carbocycles. The molecular weight excluding hydrogens is 220 g/mol. The Hall–Kier alpha value is -1.04. The van der Waals surface area contributed by atoms with E-state index in [9.17, 15) is 0 Å². The summed E-state index contributed by atoms with van der Waals surface area (Å²) in [5.41, 5.74) is 0.896. The molecule has 0 saturated carbocycles. The molecule has 0 bridgehead atoms. The van der Waals surface area contributed by atoms with Gasteiger partial charge in [0.1, 0.15) is 0 Å². The van der Waals surface area contributed by atoms with Gasteiger partial charge < -0.3 is 5.32 Å². The molecule has 2 nitrogen and oxygen atoms in total. The molecular formula is C13H17ClN2. The summed E-state index contributed by atoms with van der Waals surface area (Å²) in [5.74, 6) is 2.65. The normalized spacial score (nSPS) is 12.1. The van der Waals surface area contributed by atoms with E-state index in [4.69, 9.17) is 18.0 Å². The van der Waals surface area contributed by atoms with E-state index in [1.54, 1.807) is 6.20 Å². The van der Waals surface area contributed by atoms with Crippen LogP contribution in [0.1, 0.15) is 37.9 Å². The molecule has 0 aliphatic rings. The topological polar surface area (TPSA) is 24.9 Å². The van der Waals surface area contributed by atoms with Gasteiger partial charge in [-0.15, -0.1) is 12.3 Å². The van der Waals surface area contributed by atoms with Gasteiger partial charge in [0.15, 0.2) is 0 Å². The molecule has 1 unspecified atom stereocenters. The van der Waals surface area contributed by atoms with Crippen LogP contribution < -0.4 is 5.32 Å². The molecule has 0 radical (unpaired) electrons. The minimum absolute atomic E-state index is 0.157. The molecule has 1 N–H and O–H groups in total. The second-order valence-electron chi connectivity index (χ2n) is 3.62. The van der Waals surface area contributed by atoms with Gasteiger partial charge in [0.25, 0.3) is 0 Å². The zero-order valence-electron chi connectivity index (χ0n) is 9.54. The lowest BCUT2D eigenvalue weighted by atomic mass is 10.1. The maximum absolute atomic E-state index is 6.12. The summed E-state index contributed by atoms with van der Waals surface area (Å²) in [5, 5.41) is 4.12. The van der Waals surface area contributed by atoms with Crippen LogP contribution in [0.5, 0.6) is 0 Å². The van der Waals surface area contributed by atoms with Gasteiger partial charge in [-0.05, 0) is 31.5 Å². The molecule has 1 aromatic heterocycles. The van der Waals surface area contributed by atoms with Crippen molar-refractivity contribution in [2.75, 3.05) is 6.54 Å². The average Bonchev–Trinajstić information content (AvgIpc) is 2.31. The third-order valence-electron chi connectivity index (χ3n) is 2.34. The number of pyridine rings is 1. The second-order valence-corrected chi connectivity index (χ2v) is 4.03. The van der Waals surface area contributed by atoms with Crippen molar-refractivity contribution in [2.45, 2.75) is 32.2 Å². The zero-order chi connectivity index (χ0) is 11.8. The average molecular weight is 237 g/mol. The lowest BCUT2D eigenvalue weighted by molar-refractivity contribution is 0.495. The van der Waals surface area contributed by atoms with Crippen LogP contribution in [0.2, 0.25) is 5.02 Å². The maximum Gasteiger partial charge on any atom is 0.0759 e. The highest BCUT2D eigenvalue weighted by Crippen LogP contribution is 2.23. The highest BCUT2D eigenvalue weighted by atomic mass is 35.5. The van der Waals surface area contributed by atoms with E-state index in [0.29, 0.717) is 5.02 Å². The molecule has 1 aromatic rings. The Morgan fingerprint density at radius 1 is 1.62 bits per heavy atom. The zero-order valence-corrected chi connectivity index (χ0v) is 10.3. The Morgan fingerprint density at radius 3 is 3.06 bits per heavy atom. The van der Waals surface area contributed by atoms with E-state index in [2.05, 4.69) is 23.1 Å². The molecule has 1 heterocycles. The minimum atomic E-state index is 0.157. The number of aromatic nitrogens is 1. The monoisotopic (exact) mass is 236 g/mol. The van der Waals surface area contributed by atoms with Crippen LogP contribution >= 0.6 is 11.6 Å². The summed E-state index contributed by atoms with van der Waals surface area (Å²) in [6.07, 6.45) is 9.73. The second kappa shape index (κ2) is 7.27. The number of hydrogen-bond acceptors (Lipinski definition) is 2. The summed E-state index contributed by atoms with van der Waals surface area (Å²) in [7, 11) is 0. The summed E-state index contributed by atoms with van der Waals surface area (Å²) >= 11 is 6.12. The Balaban J connectivity index is 2.75. The molecule has 0 aromatic carbocycles. The number of nitrogens with one attached hydrogen (secondary N) is 1. The Bertz CT molecular complexity index is 357. The molecule has 0 aliphatic heterocycles. The SMILES string of the molecule is C#CCCC(NCCC)c1ncccc1Cl. The summed E-state index contributed by atoms with van der Waals surface area (Å²) in [6.45, 7) is 3.08. The molecule has 3 heteroatoms. The van der Waals surface area contributed by atoms with Crippen LogP contribution in [0.25, 0.3) is 0 Å². The molecule has 1 rings (SSSR count). The number of terminal acetylenes is 1. The predicted octanol–water partition coefficient (Wildman–Crippen LogP) is 3.19. The van der Waals surface area contributed by atoms with Gasteiger partial charge in [0.05, 0.1) is 16.8 Å². The smallest absolute Gasteiger partial charge is 0.0759 e. The van der Waals surface area contributed by atoms with E-state index >= 15 is 0 Å². The Kier molecular flexibility index (Phi) is 5.92. The standard InChI is InChI=1S/C13H17ClN2/c1-3-5-8-12(15-9-4-2)13-11(14)7-6-10-16-13/h1,6-7,10,12,15H,4-5,8-9H2,2H3. The largest absolute Gasteiger partial charge is 0.309 e. The van der Waals surface area contributed by atoms with Crippen molar-refractivity contribution in [2.24, 2.45) is 0 Å². The first-order chi connectivity index (χ1) is 7.79. The van der Waals surface area contributed by atoms with Crippen LogP contribution in [0, 0.1) is 12.3 Å². The number of hydrogen-bond donors (Lipinski definition) is 1. The van der Waals surface area contributed by atoms with Crippen molar-refractivity contribution >= 4 is 11.6 Å². The van der Waals surface area contributed by atoms with Crippen LogP contribution in [-0.2, 0) is 0 Å². The van der Waals surface area contributed by atoms with Gasteiger partial charge in [0, 0.05) is 12.6 Å².